The van der Waals surface area contributed by atoms with Crippen molar-refractivity contribution in [2.75, 3.05) is 13.2 Å². The van der Waals surface area contributed by atoms with E-state index in [1.54, 1.807) is 6.20 Å². The molecule has 0 aromatic carbocycles. The van der Waals surface area contributed by atoms with Crippen molar-refractivity contribution in [2.45, 2.75) is 24.8 Å². The SMILES string of the molecule is NC1(CC(=O)NC(=O)CCc2ccccn2)COC1. The van der Waals surface area contributed by atoms with Gasteiger partial charge in [-0.2, -0.15) is 0 Å². The summed E-state index contributed by atoms with van der Waals surface area (Å²) in [4.78, 5) is 27.3. The van der Waals surface area contributed by atoms with Crippen molar-refractivity contribution in [3.05, 3.63) is 30.1 Å². The van der Waals surface area contributed by atoms with Gasteiger partial charge in [0.2, 0.25) is 11.8 Å². The molecule has 0 atom stereocenters. The van der Waals surface area contributed by atoms with Crippen molar-refractivity contribution >= 4 is 11.8 Å². The number of aryl methyl sites for hydroxylation is 1. The number of hydrogen-bond acceptors (Lipinski definition) is 5. The number of rotatable bonds is 5. The molecule has 0 radical (unpaired) electrons. The van der Waals surface area contributed by atoms with Crippen LogP contribution in [-0.4, -0.2) is 35.6 Å². The van der Waals surface area contributed by atoms with E-state index in [1.807, 2.05) is 18.2 Å². The molecule has 1 fully saturated rings. The van der Waals surface area contributed by atoms with Gasteiger partial charge in [-0.1, -0.05) is 6.07 Å². The number of imide groups is 1. The lowest BCUT2D eigenvalue weighted by molar-refractivity contribution is -0.134. The van der Waals surface area contributed by atoms with Crippen molar-refractivity contribution in [1.82, 2.24) is 10.3 Å². The number of nitrogens with one attached hydrogen (secondary N) is 1. The fourth-order valence-electron chi connectivity index (χ4n) is 1.84. The minimum absolute atomic E-state index is 0.113. The summed E-state index contributed by atoms with van der Waals surface area (Å²) >= 11 is 0. The van der Waals surface area contributed by atoms with E-state index in [4.69, 9.17) is 10.5 Å². The normalized spacial score (nSPS) is 16.5. The highest BCUT2D eigenvalue weighted by molar-refractivity contribution is 5.95. The molecule has 102 valence electrons. The quantitative estimate of drug-likeness (QED) is 0.765. The molecule has 2 rings (SSSR count). The third-order valence-electron chi connectivity index (χ3n) is 2.90. The van der Waals surface area contributed by atoms with Gasteiger partial charge in [0.1, 0.15) is 0 Å². The number of nitrogens with two attached hydrogens (primary N) is 1. The molecule has 6 heteroatoms. The monoisotopic (exact) mass is 263 g/mol. The first kappa shape index (κ1) is 13.6. The van der Waals surface area contributed by atoms with E-state index >= 15 is 0 Å². The van der Waals surface area contributed by atoms with Crippen LogP contribution in [0.4, 0.5) is 0 Å². The van der Waals surface area contributed by atoms with Crippen LogP contribution in [0, 0.1) is 0 Å². The van der Waals surface area contributed by atoms with Crippen LogP contribution in [-0.2, 0) is 20.7 Å². The Balaban J connectivity index is 1.70. The van der Waals surface area contributed by atoms with Crippen LogP contribution in [0.1, 0.15) is 18.5 Å². The maximum Gasteiger partial charge on any atom is 0.228 e. The highest BCUT2D eigenvalue weighted by atomic mass is 16.5. The van der Waals surface area contributed by atoms with Crippen molar-refractivity contribution in [2.24, 2.45) is 5.73 Å². The molecule has 2 heterocycles. The Labute approximate surface area is 111 Å². The Kier molecular flexibility index (Phi) is 4.24. The number of hydrogen-bond donors (Lipinski definition) is 2. The predicted molar refractivity (Wildman–Crippen MR) is 68.1 cm³/mol. The number of nitrogens with zero attached hydrogens (tertiary/aromatic N) is 1. The van der Waals surface area contributed by atoms with Crippen LogP contribution < -0.4 is 11.1 Å². The summed E-state index contributed by atoms with van der Waals surface area (Å²) in [5.74, 6) is -0.656. The highest BCUT2D eigenvalue weighted by Gasteiger charge is 2.36. The Hall–Kier alpha value is -1.79. The molecular weight excluding hydrogens is 246 g/mol. The zero-order chi connectivity index (χ0) is 13.7. The molecule has 1 aliphatic rings. The van der Waals surface area contributed by atoms with Gasteiger partial charge in [0.25, 0.3) is 0 Å². The van der Waals surface area contributed by atoms with E-state index in [1.165, 1.54) is 0 Å². The molecule has 0 aliphatic carbocycles. The molecular formula is C13H17N3O3. The number of aromatic nitrogens is 1. The molecule has 0 spiro atoms. The largest absolute Gasteiger partial charge is 0.377 e. The van der Waals surface area contributed by atoms with Crippen molar-refractivity contribution < 1.29 is 14.3 Å². The van der Waals surface area contributed by atoms with Crippen LogP contribution in [0.15, 0.2) is 24.4 Å². The van der Waals surface area contributed by atoms with E-state index in [2.05, 4.69) is 10.3 Å². The highest BCUT2D eigenvalue weighted by Crippen LogP contribution is 2.17. The van der Waals surface area contributed by atoms with Gasteiger partial charge in [-0.25, -0.2) is 0 Å². The lowest BCUT2D eigenvalue weighted by Crippen LogP contribution is -2.59. The molecule has 0 bridgehead atoms. The van der Waals surface area contributed by atoms with Crippen LogP contribution in [0.3, 0.4) is 0 Å². The Morgan fingerprint density at radius 3 is 2.74 bits per heavy atom. The fraction of sp³-hybridized carbons (Fsp3) is 0.462. The minimum Gasteiger partial charge on any atom is -0.377 e. The number of carbonyl (C=O) groups excluding carboxylic acids is 2. The molecule has 1 aromatic rings. The summed E-state index contributed by atoms with van der Waals surface area (Å²) in [6.45, 7) is 0.727. The second-order valence-corrected chi connectivity index (χ2v) is 4.82. The predicted octanol–water partition coefficient (Wildman–Crippen LogP) is -0.225. The second kappa shape index (κ2) is 5.90. The van der Waals surface area contributed by atoms with Gasteiger partial charge in [0.15, 0.2) is 0 Å². The van der Waals surface area contributed by atoms with Crippen molar-refractivity contribution in [3.8, 4) is 0 Å². The smallest absolute Gasteiger partial charge is 0.228 e. The summed E-state index contributed by atoms with van der Waals surface area (Å²) in [5.41, 5.74) is 6.06. The first-order valence-corrected chi connectivity index (χ1v) is 6.17. The molecule has 1 saturated heterocycles. The van der Waals surface area contributed by atoms with Gasteiger partial charge >= 0.3 is 0 Å². The number of carbonyl (C=O) groups is 2. The Morgan fingerprint density at radius 2 is 2.16 bits per heavy atom. The maximum atomic E-state index is 11.6. The summed E-state index contributed by atoms with van der Waals surface area (Å²) in [6, 6.07) is 5.52. The van der Waals surface area contributed by atoms with Gasteiger partial charge < -0.3 is 10.5 Å². The number of ether oxygens (including phenoxy) is 1. The van der Waals surface area contributed by atoms with Gasteiger partial charge in [-0.3, -0.25) is 19.9 Å². The summed E-state index contributed by atoms with van der Waals surface area (Å²) in [7, 11) is 0. The van der Waals surface area contributed by atoms with Crippen molar-refractivity contribution in [1.29, 1.82) is 0 Å². The topological polar surface area (TPSA) is 94.3 Å². The summed E-state index contributed by atoms with van der Waals surface area (Å²) in [5, 5.41) is 2.33. The zero-order valence-corrected chi connectivity index (χ0v) is 10.6. The first-order chi connectivity index (χ1) is 9.07. The molecule has 2 amide bonds. The number of amides is 2. The number of pyridine rings is 1. The lowest BCUT2D eigenvalue weighted by atomic mass is 9.94. The average Bonchev–Trinajstić information content (AvgIpc) is 2.35. The van der Waals surface area contributed by atoms with Crippen LogP contribution >= 0.6 is 0 Å². The van der Waals surface area contributed by atoms with E-state index in [9.17, 15) is 9.59 Å². The van der Waals surface area contributed by atoms with Gasteiger partial charge in [-0.15, -0.1) is 0 Å². The maximum absolute atomic E-state index is 11.6. The molecule has 0 saturated carbocycles. The van der Waals surface area contributed by atoms with E-state index in [-0.39, 0.29) is 24.7 Å². The van der Waals surface area contributed by atoms with Crippen LogP contribution in [0.5, 0.6) is 0 Å². The minimum atomic E-state index is -0.606. The molecule has 1 aromatic heterocycles. The third-order valence-corrected chi connectivity index (χ3v) is 2.90. The van der Waals surface area contributed by atoms with Gasteiger partial charge in [-0.05, 0) is 18.6 Å². The van der Waals surface area contributed by atoms with Crippen molar-refractivity contribution in [3.63, 3.8) is 0 Å². The van der Waals surface area contributed by atoms with Crippen LogP contribution in [0.2, 0.25) is 0 Å². The zero-order valence-electron chi connectivity index (χ0n) is 10.6. The molecule has 6 nitrogen and oxygen atoms in total. The first-order valence-electron chi connectivity index (χ1n) is 6.17. The molecule has 3 N–H and O–H groups in total. The molecule has 1 aliphatic heterocycles. The Morgan fingerprint density at radius 1 is 1.37 bits per heavy atom. The second-order valence-electron chi connectivity index (χ2n) is 4.82. The average molecular weight is 263 g/mol. The summed E-state index contributed by atoms with van der Waals surface area (Å²) < 4.78 is 4.95. The van der Waals surface area contributed by atoms with Crippen LogP contribution in [0.25, 0.3) is 0 Å². The third kappa shape index (κ3) is 4.11. The fourth-order valence-corrected chi connectivity index (χ4v) is 1.84. The Bertz CT molecular complexity index is 457. The summed E-state index contributed by atoms with van der Waals surface area (Å²) in [6.07, 6.45) is 2.53. The standard InChI is InChI=1S/C13H17N3O3/c14-13(8-19-9-13)7-12(18)16-11(17)5-4-10-3-1-2-6-15-10/h1-3,6H,4-5,7-9,14H2,(H,16,17,18). The molecule has 0 unspecified atom stereocenters. The lowest BCUT2D eigenvalue weighted by Gasteiger charge is -2.36. The van der Waals surface area contributed by atoms with Gasteiger partial charge in [0.05, 0.1) is 18.8 Å². The van der Waals surface area contributed by atoms with E-state index < -0.39 is 5.54 Å². The molecule has 19 heavy (non-hydrogen) atoms. The van der Waals surface area contributed by atoms with E-state index in [0.717, 1.165) is 5.69 Å². The van der Waals surface area contributed by atoms with E-state index in [0.29, 0.717) is 19.6 Å². The van der Waals surface area contributed by atoms with Gasteiger partial charge in [0, 0.05) is 24.7 Å².